The molecule has 21 heavy (non-hydrogen) atoms. The molecule has 0 saturated carbocycles. The van der Waals surface area contributed by atoms with Gasteiger partial charge in [-0.3, -0.25) is 9.67 Å². The van der Waals surface area contributed by atoms with Crippen LogP contribution in [0.4, 0.5) is 0 Å². The van der Waals surface area contributed by atoms with Crippen molar-refractivity contribution in [1.29, 1.82) is 0 Å². The Hall–Kier alpha value is -1.55. The maximum absolute atomic E-state index is 11.3. The number of nitrogens with two attached hydrogens (primary N) is 1. The molecule has 1 atom stereocenters. The van der Waals surface area contributed by atoms with Crippen molar-refractivity contribution in [3.05, 3.63) is 34.9 Å². The number of hydrogen-bond acceptors (Lipinski definition) is 5. The van der Waals surface area contributed by atoms with E-state index in [1.807, 2.05) is 0 Å². The van der Waals surface area contributed by atoms with E-state index in [-0.39, 0.29) is 11.0 Å². The van der Waals surface area contributed by atoms with Gasteiger partial charge in [0.05, 0.1) is 4.90 Å². The normalized spacial score (nSPS) is 19.0. The number of nitrogens with zero attached hydrogens (tertiary/aromatic N) is 2. The molecule has 2 heterocycles. The maximum Gasteiger partial charge on any atom is 0.238 e. The highest BCUT2D eigenvalue weighted by atomic mass is 32.2. The summed E-state index contributed by atoms with van der Waals surface area (Å²) in [5.74, 6) is 0.695. The Labute approximate surface area is 126 Å². The first kappa shape index (κ1) is 14.4. The summed E-state index contributed by atoms with van der Waals surface area (Å²) < 4.78 is 30.4. The predicted molar refractivity (Wildman–Crippen MR) is 78.0 cm³/mol. The smallest absolute Gasteiger partial charge is 0.238 e. The number of hydrogen-bond donors (Lipinski definition) is 2. The van der Waals surface area contributed by atoms with Crippen molar-refractivity contribution >= 4 is 22.2 Å². The molecule has 1 aromatic carbocycles. The van der Waals surface area contributed by atoms with E-state index < -0.39 is 10.0 Å². The van der Waals surface area contributed by atoms with Gasteiger partial charge in [-0.15, -0.1) is 0 Å². The first-order valence-corrected chi connectivity index (χ1v) is 8.34. The van der Waals surface area contributed by atoms with E-state index in [4.69, 9.17) is 22.1 Å². The van der Waals surface area contributed by atoms with Crippen LogP contribution in [0.5, 0.6) is 0 Å². The van der Waals surface area contributed by atoms with Crippen LogP contribution in [0.25, 0.3) is 5.69 Å². The molecule has 3 N–H and O–H groups in total. The fraction of sp³-hybridized carbons (Fsp3) is 0.333. The Kier molecular flexibility index (Phi) is 3.66. The monoisotopic (exact) mass is 326 g/mol. The summed E-state index contributed by atoms with van der Waals surface area (Å²) in [6, 6.07) is 6.17. The van der Waals surface area contributed by atoms with E-state index in [2.05, 4.69) is 10.2 Å². The van der Waals surface area contributed by atoms with Crippen molar-refractivity contribution in [2.75, 3.05) is 6.61 Å². The SMILES string of the molecule is NS(=O)(=O)c1ccc(-n2c(C3CCCO3)n[nH]c2=S)cc1. The standard InChI is InChI=1S/C12H14N4O3S2/c13-21(17,18)9-5-3-8(4-6-9)16-11(14-15-12(16)20)10-2-1-7-19-10/h3-6,10H,1-2,7H2,(H,15,20)(H2,13,17,18). The molecule has 2 aromatic rings. The summed E-state index contributed by atoms with van der Waals surface area (Å²) in [6.07, 6.45) is 1.76. The number of rotatable bonds is 3. The van der Waals surface area contributed by atoms with Crippen LogP contribution in [0.15, 0.2) is 29.2 Å². The number of sulfonamides is 1. The number of aromatic nitrogens is 3. The first-order chi connectivity index (χ1) is 9.97. The van der Waals surface area contributed by atoms with Gasteiger partial charge < -0.3 is 4.74 Å². The van der Waals surface area contributed by atoms with Gasteiger partial charge >= 0.3 is 0 Å². The molecule has 1 aromatic heterocycles. The van der Waals surface area contributed by atoms with Gasteiger partial charge in [-0.25, -0.2) is 13.6 Å². The van der Waals surface area contributed by atoms with Crippen molar-refractivity contribution < 1.29 is 13.2 Å². The minimum atomic E-state index is -3.71. The molecule has 0 aliphatic carbocycles. The fourth-order valence-corrected chi connectivity index (χ4v) is 3.10. The van der Waals surface area contributed by atoms with Crippen molar-refractivity contribution in [3.63, 3.8) is 0 Å². The molecule has 0 radical (unpaired) electrons. The molecule has 1 unspecified atom stereocenters. The number of aromatic amines is 1. The lowest BCUT2D eigenvalue weighted by atomic mass is 10.2. The van der Waals surface area contributed by atoms with E-state index in [0.29, 0.717) is 22.9 Å². The Morgan fingerprint density at radius 3 is 2.67 bits per heavy atom. The van der Waals surface area contributed by atoms with Crippen LogP contribution in [-0.2, 0) is 14.8 Å². The van der Waals surface area contributed by atoms with Gasteiger partial charge in [0.1, 0.15) is 6.10 Å². The second kappa shape index (κ2) is 5.34. The predicted octanol–water partition coefficient (Wildman–Crippen LogP) is 1.43. The summed E-state index contributed by atoms with van der Waals surface area (Å²) in [6.45, 7) is 0.703. The maximum atomic E-state index is 11.3. The molecule has 0 spiro atoms. The largest absolute Gasteiger partial charge is 0.370 e. The van der Waals surface area contributed by atoms with Gasteiger partial charge in [0.2, 0.25) is 10.0 Å². The summed E-state index contributed by atoms with van der Waals surface area (Å²) in [5, 5.41) is 12.1. The van der Waals surface area contributed by atoms with Gasteiger partial charge in [0, 0.05) is 12.3 Å². The molecule has 0 amide bonds. The van der Waals surface area contributed by atoms with Gasteiger partial charge in [0.15, 0.2) is 10.6 Å². The lowest BCUT2D eigenvalue weighted by Gasteiger charge is -2.11. The van der Waals surface area contributed by atoms with Crippen molar-refractivity contribution in [1.82, 2.24) is 14.8 Å². The average molecular weight is 326 g/mol. The number of ether oxygens (including phenoxy) is 1. The third kappa shape index (κ3) is 2.77. The van der Waals surface area contributed by atoms with Gasteiger partial charge in [-0.1, -0.05) is 0 Å². The molecule has 0 bridgehead atoms. The summed E-state index contributed by atoms with van der Waals surface area (Å²) in [4.78, 5) is 0.0555. The third-order valence-electron chi connectivity index (χ3n) is 3.34. The Morgan fingerprint density at radius 2 is 2.10 bits per heavy atom. The molecule has 7 nitrogen and oxygen atoms in total. The number of H-pyrrole nitrogens is 1. The van der Waals surface area contributed by atoms with Crippen LogP contribution >= 0.6 is 12.2 Å². The highest BCUT2D eigenvalue weighted by molar-refractivity contribution is 7.89. The highest BCUT2D eigenvalue weighted by Gasteiger charge is 2.24. The Morgan fingerprint density at radius 1 is 1.38 bits per heavy atom. The van der Waals surface area contributed by atoms with Crippen molar-refractivity contribution in [3.8, 4) is 5.69 Å². The fourth-order valence-electron chi connectivity index (χ4n) is 2.34. The topological polar surface area (TPSA) is 103 Å². The lowest BCUT2D eigenvalue weighted by Crippen LogP contribution is -2.12. The van der Waals surface area contributed by atoms with Gasteiger partial charge in [-0.05, 0) is 49.3 Å². The molecule has 1 fully saturated rings. The quantitative estimate of drug-likeness (QED) is 0.831. The summed E-state index contributed by atoms with van der Waals surface area (Å²) in [7, 11) is -3.71. The molecule has 1 saturated heterocycles. The number of benzene rings is 1. The van der Waals surface area contributed by atoms with E-state index in [1.54, 1.807) is 16.7 Å². The minimum absolute atomic E-state index is 0.0555. The van der Waals surface area contributed by atoms with Crippen LogP contribution in [0.1, 0.15) is 24.8 Å². The van der Waals surface area contributed by atoms with Gasteiger partial charge in [-0.2, -0.15) is 5.10 Å². The molecule has 1 aliphatic heterocycles. The van der Waals surface area contributed by atoms with Crippen LogP contribution in [-0.4, -0.2) is 29.8 Å². The molecular formula is C12H14N4O3S2. The van der Waals surface area contributed by atoms with Crippen LogP contribution in [0.2, 0.25) is 0 Å². The Bertz CT molecular complexity index is 802. The molecule has 3 rings (SSSR count). The molecule has 112 valence electrons. The second-order valence-corrected chi connectivity index (χ2v) is 6.71. The summed E-state index contributed by atoms with van der Waals surface area (Å²) >= 11 is 5.24. The van der Waals surface area contributed by atoms with Gasteiger partial charge in [0.25, 0.3) is 0 Å². The molecule has 1 aliphatic rings. The highest BCUT2D eigenvalue weighted by Crippen LogP contribution is 2.28. The molecule has 9 heteroatoms. The first-order valence-electron chi connectivity index (χ1n) is 6.39. The lowest BCUT2D eigenvalue weighted by molar-refractivity contribution is 0.103. The van der Waals surface area contributed by atoms with Crippen molar-refractivity contribution in [2.45, 2.75) is 23.8 Å². The third-order valence-corrected chi connectivity index (χ3v) is 4.54. The number of nitrogens with one attached hydrogen (secondary N) is 1. The second-order valence-electron chi connectivity index (χ2n) is 4.76. The van der Waals surface area contributed by atoms with E-state index in [9.17, 15) is 8.42 Å². The zero-order valence-corrected chi connectivity index (χ0v) is 12.7. The zero-order chi connectivity index (χ0) is 15.0. The minimum Gasteiger partial charge on any atom is -0.370 e. The van der Waals surface area contributed by atoms with Crippen LogP contribution in [0, 0.1) is 4.77 Å². The Balaban J connectivity index is 2.04. The van der Waals surface area contributed by atoms with Crippen molar-refractivity contribution in [2.24, 2.45) is 5.14 Å². The molecular weight excluding hydrogens is 312 g/mol. The van der Waals surface area contributed by atoms with E-state index in [0.717, 1.165) is 12.8 Å². The van der Waals surface area contributed by atoms with E-state index >= 15 is 0 Å². The van der Waals surface area contributed by atoms with E-state index in [1.165, 1.54) is 12.1 Å². The summed E-state index contributed by atoms with van der Waals surface area (Å²) in [5.41, 5.74) is 0.714. The van der Waals surface area contributed by atoms with Crippen LogP contribution < -0.4 is 5.14 Å². The number of primary sulfonamides is 1. The average Bonchev–Trinajstić information content (AvgIpc) is 3.06. The van der Waals surface area contributed by atoms with Crippen LogP contribution in [0.3, 0.4) is 0 Å². The zero-order valence-electron chi connectivity index (χ0n) is 11.0.